The molecule has 0 heterocycles. The second-order valence-electron chi connectivity index (χ2n) is 10.1. The number of rotatable bonds is 18. The second kappa shape index (κ2) is 21.5. The van der Waals surface area contributed by atoms with E-state index in [1.165, 1.54) is 110 Å². The lowest BCUT2D eigenvalue weighted by Crippen LogP contribution is -1.83. The highest BCUT2D eigenvalue weighted by atomic mass is 79.9. The van der Waals surface area contributed by atoms with Crippen LogP contribution in [-0.4, -0.2) is 5.33 Å². The van der Waals surface area contributed by atoms with E-state index in [2.05, 4.69) is 101 Å². The first-order chi connectivity index (χ1) is 15.7. The molecule has 0 nitrogen and oxygen atoms in total. The predicted octanol–water partition coefficient (Wildman–Crippen LogP) is 11.8. The Morgan fingerprint density at radius 2 is 0.727 bits per heavy atom. The van der Waals surface area contributed by atoms with E-state index in [4.69, 9.17) is 0 Å². The zero-order valence-electron chi connectivity index (χ0n) is 23.0. The van der Waals surface area contributed by atoms with E-state index in [9.17, 15) is 0 Å². The van der Waals surface area contributed by atoms with Crippen LogP contribution in [0.25, 0.3) is 0 Å². The summed E-state index contributed by atoms with van der Waals surface area (Å²) < 4.78 is 0. The minimum absolute atomic E-state index is 1.11. The third-order valence-corrected chi connectivity index (χ3v) is 6.60. The van der Waals surface area contributed by atoms with Crippen LogP contribution in [-0.2, 0) is 0 Å². The Bertz CT molecular complexity index is 690. The third-order valence-electron chi connectivity index (χ3n) is 6.04. The first-order valence-electron chi connectivity index (χ1n) is 13.2. The Morgan fingerprint density at radius 3 is 1.06 bits per heavy atom. The molecule has 0 aliphatic rings. The van der Waals surface area contributed by atoms with Crippen LogP contribution in [0.5, 0.6) is 0 Å². The molecule has 0 bridgehead atoms. The summed E-state index contributed by atoms with van der Waals surface area (Å²) in [6.07, 6.45) is 28.8. The lowest BCUT2D eigenvalue weighted by molar-refractivity contribution is 0.881. The summed E-state index contributed by atoms with van der Waals surface area (Å²) in [7, 11) is 0. The Labute approximate surface area is 216 Å². The first kappa shape index (κ1) is 31.9. The van der Waals surface area contributed by atoms with Gasteiger partial charge in [-0.3, -0.25) is 0 Å². The highest BCUT2D eigenvalue weighted by Gasteiger charge is 1.95. The molecule has 0 aromatic rings. The van der Waals surface area contributed by atoms with Crippen LogP contribution in [0.1, 0.15) is 126 Å². The number of unbranched alkanes of at least 4 members (excludes halogenated alkanes) is 1. The van der Waals surface area contributed by atoms with Crippen molar-refractivity contribution < 1.29 is 0 Å². The van der Waals surface area contributed by atoms with Crippen LogP contribution in [0.3, 0.4) is 0 Å². The van der Waals surface area contributed by atoms with Crippen molar-refractivity contribution >= 4 is 15.9 Å². The van der Waals surface area contributed by atoms with Crippen LogP contribution in [0.4, 0.5) is 0 Å². The van der Waals surface area contributed by atoms with Crippen molar-refractivity contribution in [3.05, 3.63) is 69.9 Å². The largest absolute Gasteiger partial charge is 0.0928 e. The molecule has 0 N–H and O–H groups in total. The number of halogens is 1. The summed E-state index contributed by atoms with van der Waals surface area (Å²) >= 11 is 3.51. The average molecular weight is 518 g/mol. The Kier molecular flexibility index (Phi) is 20.8. The minimum Gasteiger partial charge on any atom is -0.0928 e. The molecule has 0 rings (SSSR count). The monoisotopic (exact) mass is 516 g/mol. The van der Waals surface area contributed by atoms with E-state index in [-0.39, 0.29) is 0 Å². The lowest BCUT2D eigenvalue weighted by Gasteiger charge is -2.03. The van der Waals surface area contributed by atoms with Crippen molar-refractivity contribution in [1.29, 1.82) is 0 Å². The Morgan fingerprint density at radius 1 is 0.424 bits per heavy atom. The van der Waals surface area contributed by atoms with E-state index in [0.717, 1.165) is 5.33 Å². The van der Waals surface area contributed by atoms with Gasteiger partial charge in [-0.05, 0) is 126 Å². The van der Waals surface area contributed by atoms with Gasteiger partial charge < -0.3 is 0 Å². The molecule has 1 heteroatoms. The third kappa shape index (κ3) is 22.5. The predicted molar refractivity (Wildman–Crippen MR) is 157 cm³/mol. The molecule has 0 fully saturated rings. The van der Waals surface area contributed by atoms with Gasteiger partial charge in [0.2, 0.25) is 0 Å². The Hall–Kier alpha value is -1.08. The maximum Gasteiger partial charge on any atom is 0.00343 e. The highest BCUT2D eigenvalue weighted by Crippen LogP contribution is 2.15. The molecule has 0 spiro atoms. The van der Waals surface area contributed by atoms with Gasteiger partial charge in [0.25, 0.3) is 0 Å². The zero-order valence-corrected chi connectivity index (χ0v) is 24.6. The van der Waals surface area contributed by atoms with Crippen molar-refractivity contribution in [3.8, 4) is 0 Å². The molecule has 0 aliphatic heterocycles. The lowest BCUT2D eigenvalue weighted by atomic mass is 10.0. The molecule has 0 amide bonds. The van der Waals surface area contributed by atoms with Crippen LogP contribution in [0.15, 0.2) is 69.9 Å². The van der Waals surface area contributed by atoms with Gasteiger partial charge in [0.15, 0.2) is 0 Å². The van der Waals surface area contributed by atoms with Crippen LogP contribution in [0, 0.1) is 0 Å². The van der Waals surface area contributed by atoms with Crippen LogP contribution >= 0.6 is 15.9 Å². The topological polar surface area (TPSA) is 0 Å². The van der Waals surface area contributed by atoms with Gasteiger partial charge in [0.1, 0.15) is 0 Å². The molecule has 0 aromatic heterocycles. The quantitative estimate of drug-likeness (QED) is 0.0963. The zero-order chi connectivity index (χ0) is 24.9. The maximum atomic E-state index is 3.51. The molecule has 0 radical (unpaired) electrons. The molecule has 0 unspecified atom stereocenters. The van der Waals surface area contributed by atoms with E-state index < -0.39 is 0 Å². The highest BCUT2D eigenvalue weighted by molar-refractivity contribution is 9.09. The summed E-state index contributed by atoms with van der Waals surface area (Å²) in [5.41, 5.74) is 9.08. The number of alkyl halides is 1. The fraction of sp³-hybridized carbons (Fsp3) is 0.625. The summed E-state index contributed by atoms with van der Waals surface area (Å²) in [6, 6.07) is 0. The molecule has 0 aromatic carbocycles. The van der Waals surface area contributed by atoms with Gasteiger partial charge in [-0.2, -0.15) is 0 Å². The van der Waals surface area contributed by atoms with Gasteiger partial charge in [-0.1, -0.05) is 85.8 Å². The molecule has 0 saturated carbocycles. The molecule has 0 atom stereocenters. The summed E-state index contributed by atoms with van der Waals surface area (Å²) in [6.45, 7) is 15.8. The number of allylic oxidation sites excluding steroid dienone is 12. The smallest absolute Gasteiger partial charge is 0.00343 e. The van der Waals surface area contributed by atoms with Gasteiger partial charge in [0.05, 0.1) is 0 Å². The number of hydrogen-bond donors (Lipinski definition) is 0. The molecule has 188 valence electrons. The first-order valence-corrected chi connectivity index (χ1v) is 14.3. The normalized spacial score (nSPS) is 14.1. The van der Waals surface area contributed by atoms with Gasteiger partial charge in [0, 0.05) is 5.33 Å². The van der Waals surface area contributed by atoms with Gasteiger partial charge in [-0.15, -0.1) is 0 Å². The van der Waals surface area contributed by atoms with Crippen LogP contribution in [0.2, 0.25) is 0 Å². The molecule has 0 saturated heterocycles. The summed E-state index contributed by atoms with van der Waals surface area (Å²) in [5.74, 6) is 0. The maximum absolute atomic E-state index is 3.51. The minimum atomic E-state index is 1.11. The Balaban J connectivity index is 4.07. The summed E-state index contributed by atoms with van der Waals surface area (Å²) in [4.78, 5) is 0. The SMILES string of the molecule is CC(C)=CCCC(C)=CCCC(C)=CCCC=C(C)CCC=C(C)CCC=C(C)CCCBr. The van der Waals surface area contributed by atoms with Crippen molar-refractivity contribution in [3.63, 3.8) is 0 Å². The van der Waals surface area contributed by atoms with Crippen molar-refractivity contribution in [1.82, 2.24) is 0 Å². The average Bonchev–Trinajstić information content (AvgIpc) is 2.75. The van der Waals surface area contributed by atoms with Gasteiger partial charge >= 0.3 is 0 Å². The molecule has 0 aliphatic carbocycles. The fourth-order valence-electron chi connectivity index (χ4n) is 3.74. The molecule has 33 heavy (non-hydrogen) atoms. The van der Waals surface area contributed by atoms with Crippen molar-refractivity contribution in [2.75, 3.05) is 5.33 Å². The summed E-state index contributed by atoms with van der Waals surface area (Å²) in [5, 5.41) is 1.11. The molecular weight excluding hydrogens is 464 g/mol. The van der Waals surface area contributed by atoms with Crippen molar-refractivity contribution in [2.45, 2.75) is 126 Å². The van der Waals surface area contributed by atoms with E-state index in [1.807, 2.05) is 0 Å². The number of hydrogen-bond acceptors (Lipinski definition) is 0. The van der Waals surface area contributed by atoms with Gasteiger partial charge in [-0.25, -0.2) is 0 Å². The fourth-order valence-corrected chi connectivity index (χ4v) is 4.02. The standard InChI is InChI=1S/C32H53Br/c1-27(2)15-10-18-30(5)21-11-19-28(3)16-8-9-17-29(4)20-12-22-31(6)23-13-24-32(7)25-14-26-33/h15-17,21-22,24H,8-14,18-20,23,25-26H2,1-7H3. The van der Waals surface area contributed by atoms with E-state index >= 15 is 0 Å². The van der Waals surface area contributed by atoms with Crippen molar-refractivity contribution in [2.24, 2.45) is 0 Å². The van der Waals surface area contributed by atoms with E-state index in [1.54, 1.807) is 0 Å². The molecular formula is C32H53Br. The second-order valence-corrected chi connectivity index (χ2v) is 10.9. The van der Waals surface area contributed by atoms with Crippen LogP contribution < -0.4 is 0 Å². The van der Waals surface area contributed by atoms with E-state index in [0.29, 0.717) is 0 Å².